The Labute approximate surface area is 241 Å². The van der Waals surface area contributed by atoms with E-state index in [9.17, 15) is 37.4 Å². The van der Waals surface area contributed by atoms with Crippen molar-refractivity contribution in [3.63, 3.8) is 0 Å². The van der Waals surface area contributed by atoms with Crippen LogP contribution in [0.5, 0.6) is 11.5 Å². The maximum Gasteiger partial charge on any atom is 0.176 e. The van der Waals surface area contributed by atoms with Gasteiger partial charge >= 0.3 is 0 Å². The van der Waals surface area contributed by atoms with E-state index < -0.39 is 30.4 Å². The summed E-state index contributed by atoms with van der Waals surface area (Å²) in [6.45, 7) is 0. The second-order valence-corrected chi connectivity index (χ2v) is 9.72. The van der Waals surface area contributed by atoms with E-state index >= 15 is 0 Å². The lowest BCUT2D eigenvalue weighted by Gasteiger charge is -2.02. The highest BCUT2D eigenvalue weighted by Gasteiger charge is 2.21. The summed E-state index contributed by atoms with van der Waals surface area (Å²) in [5.74, 6) is -5.32. The fourth-order valence-corrected chi connectivity index (χ4v) is 4.34. The van der Waals surface area contributed by atoms with Crippen LogP contribution in [0.25, 0.3) is 21.5 Å². The van der Waals surface area contributed by atoms with Gasteiger partial charge in [0.1, 0.15) is 11.5 Å². The lowest BCUT2D eigenvalue weighted by Crippen LogP contribution is -2.02. The number of phenolic OH excluding ortho intramolecular Hbond substituents is 2. The normalized spacial score (nSPS) is 10.3. The van der Waals surface area contributed by atoms with Crippen LogP contribution in [0.3, 0.4) is 0 Å². The van der Waals surface area contributed by atoms with E-state index in [1.165, 1.54) is 57.3 Å². The Morgan fingerprint density at radius 2 is 0.842 bits per heavy atom. The summed E-state index contributed by atoms with van der Waals surface area (Å²) in [4.78, 5) is 21.4. The zero-order valence-corrected chi connectivity index (χ0v) is 23.4. The Balaban J connectivity index is 0.000000158. The van der Waals surface area contributed by atoms with Crippen LogP contribution in [0, 0.1) is 30.4 Å². The van der Waals surface area contributed by atoms with Crippen LogP contribution in [-0.2, 0) is 0 Å². The number of phenols is 2. The molecule has 4 nitrogen and oxygen atoms in total. The fourth-order valence-electron chi connectivity index (χ4n) is 3.39. The topological polar surface area (TPSA) is 74.6 Å². The van der Waals surface area contributed by atoms with Crippen molar-refractivity contribution in [1.29, 1.82) is 0 Å². The van der Waals surface area contributed by atoms with Crippen LogP contribution in [0.4, 0.5) is 17.6 Å². The summed E-state index contributed by atoms with van der Waals surface area (Å²) in [5, 5.41) is 22.3. The number of hydrogen-bond donors (Lipinski definition) is 2. The Bertz CT molecular complexity index is 1460. The average Bonchev–Trinajstić information content (AvgIpc) is 2.94. The van der Waals surface area contributed by atoms with Gasteiger partial charge in [0.25, 0.3) is 0 Å². The highest BCUT2D eigenvalue weighted by atomic mass is 127. The molecule has 5 rings (SSSR count). The van der Waals surface area contributed by atoms with Crippen LogP contribution in [-0.4, -0.2) is 22.8 Å². The van der Waals surface area contributed by atoms with Crippen molar-refractivity contribution in [3.8, 4) is 11.5 Å². The molecule has 10 heteroatoms. The first kappa shape index (κ1) is 29.3. The van der Waals surface area contributed by atoms with Gasteiger partial charge in [0.15, 0.2) is 35.8 Å². The first-order chi connectivity index (χ1) is 18.1. The van der Waals surface area contributed by atoms with Crippen molar-refractivity contribution < 1.29 is 37.4 Å². The summed E-state index contributed by atoms with van der Waals surface area (Å²) in [6.07, 6.45) is 1.36. The van der Waals surface area contributed by atoms with Gasteiger partial charge in [-0.15, -0.1) is 0 Å². The van der Waals surface area contributed by atoms with Crippen LogP contribution >= 0.6 is 45.2 Å². The molecule has 5 aromatic rings. The van der Waals surface area contributed by atoms with E-state index in [1.54, 1.807) is 12.1 Å². The van der Waals surface area contributed by atoms with Gasteiger partial charge in [-0.25, -0.2) is 17.6 Å². The molecule has 0 aliphatic heterocycles. The molecule has 0 atom stereocenters. The first-order valence-electron chi connectivity index (χ1n) is 10.6. The molecule has 0 bridgehead atoms. The lowest BCUT2D eigenvalue weighted by atomic mass is 10.0. The monoisotopic (exact) mass is 746 g/mol. The predicted octanol–water partition coefficient (Wildman–Crippen LogP) is 8.17. The van der Waals surface area contributed by atoms with Gasteiger partial charge in [-0.1, -0.05) is 60.7 Å². The molecule has 0 aliphatic carbocycles. The Kier molecular flexibility index (Phi) is 10.0. The second-order valence-electron chi connectivity index (χ2n) is 7.56. The molecule has 0 aromatic heterocycles. The van der Waals surface area contributed by atoms with E-state index in [4.69, 9.17) is 0 Å². The van der Waals surface area contributed by atoms with Crippen LogP contribution < -0.4 is 0 Å². The number of aldehydes is 2. The van der Waals surface area contributed by atoms with Gasteiger partial charge < -0.3 is 10.2 Å². The molecule has 2 N–H and O–H groups in total. The zero-order chi connectivity index (χ0) is 28.0. The number of carbonyl (C=O) groups excluding carboxylic acids is 2. The summed E-state index contributed by atoms with van der Waals surface area (Å²) in [6, 6.07) is 21.6. The highest BCUT2D eigenvalue weighted by molar-refractivity contribution is 14.1. The van der Waals surface area contributed by atoms with Gasteiger partial charge in [0, 0.05) is 0 Å². The quantitative estimate of drug-likeness (QED) is 0.0629. The van der Waals surface area contributed by atoms with Crippen molar-refractivity contribution in [1.82, 2.24) is 0 Å². The third-order valence-corrected chi connectivity index (χ3v) is 7.18. The Morgan fingerprint density at radius 1 is 0.526 bits per heavy atom. The number of carbonyl (C=O) groups is 2. The minimum absolute atomic E-state index is 0.0358. The third-order valence-electron chi connectivity index (χ3n) is 5.29. The molecule has 5 aromatic carbocycles. The summed E-state index contributed by atoms with van der Waals surface area (Å²) < 4.78 is 49.2. The highest BCUT2D eigenvalue weighted by Crippen LogP contribution is 2.27. The molecule has 0 saturated heterocycles. The van der Waals surface area contributed by atoms with Crippen molar-refractivity contribution in [2.45, 2.75) is 0 Å². The van der Waals surface area contributed by atoms with Gasteiger partial charge in [-0.05, 0) is 78.9 Å². The van der Waals surface area contributed by atoms with Gasteiger partial charge in [0.05, 0.1) is 18.3 Å². The second kappa shape index (κ2) is 13.0. The molecule has 0 heterocycles. The molecule has 194 valence electrons. The number of halogens is 6. The molecule has 0 spiro atoms. The largest absolute Gasteiger partial charge is 0.507 e. The average molecular weight is 746 g/mol. The zero-order valence-electron chi connectivity index (χ0n) is 19.1. The van der Waals surface area contributed by atoms with Crippen molar-refractivity contribution in [2.75, 3.05) is 0 Å². The first-order valence-corrected chi connectivity index (χ1v) is 12.8. The van der Waals surface area contributed by atoms with Gasteiger partial charge in [-0.2, -0.15) is 0 Å². The minimum Gasteiger partial charge on any atom is -0.507 e. The van der Waals surface area contributed by atoms with E-state index in [0.717, 1.165) is 21.5 Å². The van der Waals surface area contributed by atoms with E-state index in [0.29, 0.717) is 23.7 Å². The molecule has 0 fully saturated rings. The molecular formula is C28H16F4I2O4. The van der Waals surface area contributed by atoms with Crippen molar-refractivity contribution >= 4 is 79.3 Å². The van der Waals surface area contributed by atoms with Crippen LogP contribution in [0.1, 0.15) is 20.7 Å². The molecule has 38 heavy (non-hydrogen) atoms. The number of benzene rings is 5. The standard InChI is InChI=1S/2C11H8O2.C6F4I2/c2*12-7-10-9-4-2-1-3-8(9)5-6-11(10)13;7-1-2(8)6(12)4(10)3(9)5(1)11/h2*1-7,13H;. The minimum atomic E-state index is -1.35. The van der Waals surface area contributed by atoms with Crippen molar-refractivity contribution in [3.05, 3.63) is 114 Å². The fraction of sp³-hybridized carbons (Fsp3) is 0. The van der Waals surface area contributed by atoms with Crippen LogP contribution in [0.15, 0.2) is 72.8 Å². The lowest BCUT2D eigenvalue weighted by molar-refractivity contribution is 0.111. The van der Waals surface area contributed by atoms with E-state index in [1.807, 2.05) is 48.5 Å². The van der Waals surface area contributed by atoms with E-state index in [2.05, 4.69) is 0 Å². The number of fused-ring (bicyclic) bond motifs is 2. The Hall–Kier alpha value is -3.26. The maximum absolute atomic E-state index is 12.6. The maximum atomic E-state index is 12.6. The van der Waals surface area contributed by atoms with Gasteiger partial charge in [-0.3, -0.25) is 9.59 Å². The van der Waals surface area contributed by atoms with Crippen LogP contribution in [0.2, 0.25) is 0 Å². The number of aromatic hydroxyl groups is 2. The third kappa shape index (κ3) is 6.23. The predicted molar refractivity (Wildman–Crippen MR) is 154 cm³/mol. The summed E-state index contributed by atoms with van der Waals surface area (Å²) in [7, 11) is 0. The number of rotatable bonds is 2. The SMILES string of the molecule is Fc1c(F)c(I)c(F)c(F)c1I.O=Cc1c(O)ccc2ccccc12.O=Cc1c(O)ccc2ccccc12. The number of hydrogen-bond acceptors (Lipinski definition) is 4. The summed E-state index contributed by atoms with van der Waals surface area (Å²) >= 11 is 2.41. The smallest absolute Gasteiger partial charge is 0.176 e. The van der Waals surface area contributed by atoms with Gasteiger partial charge in [0.2, 0.25) is 0 Å². The molecule has 0 radical (unpaired) electrons. The van der Waals surface area contributed by atoms with E-state index in [-0.39, 0.29) is 11.5 Å². The molecule has 0 unspecified atom stereocenters. The molecular weight excluding hydrogens is 730 g/mol. The molecule has 0 aliphatic rings. The molecule has 0 amide bonds. The Morgan fingerprint density at radius 3 is 1.16 bits per heavy atom. The van der Waals surface area contributed by atoms with Crippen molar-refractivity contribution in [2.24, 2.45) is 0 Å². The summed E-state index contributed by atoms with van der Waals surface area (Å²) in [5.41, 5.74) is 0.719. The molecule has 0 saturated carbocycles.